The van der Waals surface area contributed by atoms with Gasteiger partial charge >= 0.3 is 23.9 Å². The van der Waals surface area contributed by atoms with Crippen molar-refractivity contribution in [2.45, 2.75) is 88.7 Å². The van der Waals surface area contributed by atoms with Crippen LogP contribution in [-0.4, -0.2) is 37.2 Å². The summed E-state index contributed by atoms with van der Waals surface area (Å²) in [5.41, 5.74) is 0.198. The van der Waals surface area contributed by atoms with Crippen LogP contribution >= 0.6 is 0 Å². The molecule has 0 bridgehead atoms. The van der Waals surface area contributed by atoms with Crippen LogP contribution in [0.5, 0.6) is 11.5 Å². The summed E-state index contributed by atoms with van der Waals surface area (Å²) in [5.74, 6) is -21.5. The van der Waals surface area contributed by atoms with Crippen LogP contribution in [0.1, 0.15) is 64.7 Å². The van der Waals surface area contributed by atoms with E-state index in [1.807, 2.05) is 0 Å². The summed E-state index contributed by atoms with van der Waals surface area (Å²) in [6.07, 6.45) is -3.97. The molecule has 0 heterocycles. The van der Waals surface area contributed by atoms with Gasteiger partial charge < -0.3 is 9.47 Å². The Labute approximate surface area is 230 Å². The third-order valence-electron chi connectivity index (χ3n) is 6.33. The zero-order valence-electron chi connectivity index (χ0n) is 22.2. The average molecular weight is 609 g/mol. The van der Waals surface area contributed by atoms with Gasteiger partial charge in [0.15, 0.2) is 11.6 Å². The Kier molecular flexibility index (Phi) is 12.1. The van der Waals surface area contributed by atoms with Crippen molar-refractivity contribution < 1.29 is 57.8 Å². The maximum Gasteiger partial charge on any atom is 0.460 e. The van der Waals surface area contributed by atoms with Crippen LogP contribution in [0.3, 0.4) is 0 Å². The van der Waals surface area contributed by atoms with E-state index in [0.717, 1.165) is 32.1 Å². The fourth-order valence-electron chi connectivity index (χ4n) is 3.87. The number of rotatable bonds is 17. The van der Waals surface area contributed by atoms with Crippen LogP contribution in [0.2, 0.25) is 0 Å². The van der Waals surface area contributed by atoms with E-state index in [1.54, 1.807) is 0 Å². The molecule has 0 radical (unpaired) electrons. The van der Waals surface area contributed by atoms with Gasteiger partial charge in [-0.05, 0) is 49.1 Å². The van der Waals surface area contributed by atoms with Gasteiger partial charge in [-0.3, -0.25) is 0 Å². The molecule has 0 aliphatic carbocycles. The third kappa shape index (κ3) is 8.64. The van der Waals surface area contributed by atoms with Crippen molar-refractivity contribution in [2.75, 3.05) is 13.2 Å². The Morgan fingerprint density at radius 1 is 0.585 bits per heavy atom. The Hall–Kier alpha value is -2.73. The molecule has 0 aliphatic rings. The first-order chi connectivity index (χ1) is 19.1. The minimum atomic E-state index is -6.91. The summed E-state index contributed by atoms with van der Waals surface area (Å²) >= 11 is 0. The molecule has 13 heteroatoms. The predicted octanol–water partition coefficient (Wildman–Crippen LogP) is 10.4. The van der Waals surface area contributed by atoms with E-state index in [1.165, 1.54) is 36.4 Å². The van der Waals surface area contributed by atoms with Crippen molar-refractivity contribution in [3.8, 4) is 22.6 Å². The van der Waals surface area contributed by atoms with Crippen LogP contribution in [0, 0.1) is 11.6 Å². The number of alkyl halides is 9. The second-order valence-corrected chi connectivity index (χ2v) is 9.54. The second-order valence-electron chi connectivity index (χ2n) is 9.54. The molecular formula is C28H31F11O2. The fraction of sp³-hybridized carbons (Fsp3) is 0.571. The number of hydrogen-bond acceptors (Lipinski definition) is 2. The molecule has 0 fully saturated rings. The second kappa shape index (κ2) is 14.4. The summed E-state index contributed by atoms with van der Waals surface area (Å²) in [7, 11) is 0. The molecule has 0 N–H and O–H groups in total. The lowest BCUT2D eigenvalue weighted by Gasteiger charge is -2.33. The molecule has 232 valence electrons. The van der Waals surface area contributed by atoms with E-state index in [-0.39, 0.29) is 42.3 Å². The van der Waals surface area contributed by atoms with E-state index >= 15 is 0 Å². The van der Waals surface area contributed by atoms with E-state index in [4.69, 9.17) is 9.47 Å². The van der Waals surface area contributed by atoms with Crippen molar-refractivity contribution in [1.29, 1.82) is 0 Å². The van der Waals surface area contributed by atoms with Gasteiger partial charge in [-0.25, -0.2) is 4.39 Å². The fourth-order valence-corrected chi connectivity index (χ4v) is 3.87. The summed E-state index contributed by atoms with van der Waals surface area (Å²) in [5, 5.41) is 0. The highest BCUT2D eigenvalue weighted by molar-refractivity contribution is 5.66. The van der Waals surface area contributed by atoms with E-state index in [2.05, 4.69) is 6.92 Å². The minimum Gasteiger partial charge on any atom is -0.494 e. The van der Waals surface area contributed by atoms with Crippen molar-refractivity contribution >= 4 is 0 Å². The highest BCUT2D eigenvalue weighted by Crippen LogP contribution is 2.54. The molecule has 0 amide bonds. The van der Waals surface area contributed by atoms with Crippen LogP contribution in [0.25, 0.3) is 11.1 Å². The highest BCUT2D eigenvalue weighted by atomic mass is 19.4. The minimum absolute atomic E-state index is 0.0696. The Bertz CT molecular complexity index is 1080. The average Bonchev–Trinajstić information content (AvgIpc) is 2.90. The standard InChI is InChI=1S/C28H31F11O2/c1-2-3-4-5-6-8-18-41-22-15-14-21(23(29)24(22)30)19-10-12-20(13-11-19)40-17-9-7-16-25(31,32)26(33,34)27(35,36)28(37,38)39/h10-15H,2-9,16-18H2,1H3. The molecule has 2 nitrogen and oxygen atoms in total. The summed E-state index contributed by atoms with van der Waals surface area (Å²) in [6, 6.07) is 8.06. The van der Waals surface area contributed by atoms with Crippen LogP contribution in [-0.2, 0) is 0 Å². The monoisotopic (exact) mass is 608 g/mol. The predicted molar refractivity (Wildman–Crippen MR) is 131 cm³/mol. The first-order valence-electron chi connectivity index (χ1n) is 13.1. The molecule has 0 unspecified atom stereocenters. The van der Waals surface area contributed by atoms with E-state index in [9.17, 15) is 48.3 Å². The smallest absolute Gasteiger partial charge is 0.460 e. The molecule has 0 aromatic heterocycles. The van der Waals surface area contributed by atoms with Crippen molar-refractivity contribution in [3.05, 3.63) is 48.0 Å². The quantitative estimate of drug-likeness (QED) is 0.131. The van der Waals surface area contributed by atoms with E-state index in [0.29, 0.717) is 6.42 Å². The summed E-state index contributed by atoms with van der Waals surface area (Å²) in [6.45, 7) is 1.99. The lowest BCUT2D eigenvalue weighted by molar-refractivity contribution is -0.396. The molecule has 2 aromatic carbocycles. The maximum atomic E-state index is 14.7. The maximum absolute atomic E-state index is 14.7. The van der Waals surface area contributed by atoms with Crippen LogP contribution in [0.15, 0.2) is 36.4 Å². The largest absolute Gasteiger partial charge is 0.494 e. The van der Waals surface area contributed by atoms with Gasteiger partial charge in [-0.1, -0.05) is 51.2 Å². The molecule has 2 rings (SSSR count). The number of halogens is 11. The Balaban J connectivity index is 1.86. The summed E-state index contributed by atoms with van der Waals surface area (Å²) in [4.78, 5) is 0. The van der Waals surface area contributed by atoms with Gasteiger partial charge in [0.25, 0.3) is 0 Å². The van der Waals surface area contributed by atoms with E-state index < -0.39 is 48.4 Å². The zero-order chi connectivity index (χ0) is 30.9. The molecule has 0 saturated heterocycles. The third-order valence-corrected chi connectivity index (χ3v) is 6.33. The Morgan fingerprint density at radius 2 is 1.15 bits per heavy atom. The Morgan fingerprint density at radius 3 is 1.76 bits per heavy atom. The van der Waals surface area contributed by atoms with Gasteiger partial charge in [0.05, 0.1) is 13.2 Å². The number of hydrogen-bond donors (Lipinski definition) is 0. The molecule has 41 heavy (non-hydrogen) atoms. The summed E-state index contributed by atoms with van der Waals surface area (Å²) < 4.78 is 156. The lowest BCUT2D eigenvalue weighted by Crippen LogP contribution is -2.60. The normalized spacial score (nSPS) is 13.0. The number of ether oxygens (including phenoxy) is 2. The van der Waals surface area contributed by atoms with Gasteiger partial charge in [-0.2, -0.15) is 43.9 Å². The van der Waals surface area contributed by atoms with Gasteiger partial charge in [0.2, 0.25) is 5.82 Å². The molecule has 0 aliphatic heterocycles. The van der Waals surface area contributed by atoms with Gasteiger partial charge in [-0.15, -0.1) is 0 Å². The lowest BCUT2D eigenvalue weighted by atomic mass is 9.99. The van der Waals surface area contributed by atoms with Crippen molar-refractivity contribution in [2.24, 2.45) is 0 Å². The molecule has 0 spiro atoms. The molecule has 0 atom stereocenters. The number of benzene rings is 2. The number of unbranched alkanes of at least 4 members (excludes halogenated alkanes) is 6. The highest BCUT2D eigenvalue weighted by Gasteiger charge is 2.81. The van der Waals surface area contributed by atoms with Crippen LogP contribution < -0.4 is 9.47 Å². The van der Waals surface area contributed by atoms with Crippen LogP contribution in [0.4, 0.5) is 48.3 Å². The molecule has 2 aromatic rings. The first kappa shape index (κ1) is 34.5. The molecule has 0 saturated carbocycles. The van der Waals surface area contributed by atoms with Gasteiger partial charge in [0.1, 0.15) is 5.75 Å². The first-order valence-corrected chi connectivity index (χ1v) is 13.1. The van der Waals surface area contributed by atoms with Crippen molar-refractivity contribution in [3.63, 3.8) is 0 Å². The topological polar surface area (TPSA) is 18.5 Å². The zero-order valence-corrected chi connectivity index (χ0v) is 22.2. The SMILES string of the molecule is CCCCCCCCOc1ccc(-c2ccc(OCCCCC(F)(F)C(F)(F)C(F)(F)C(F)(F)F)cc2)c(F)c1F. The molecular weight excluding hydrogens is 577 g/mol. The van der Waals surface area contributed by atoms with Crippen molar-refractivity contribution in [1.82, 2.24) is 0 Å². The van der Waals surface area contributed by atoms with Gasteiger partial charge in [0, 0.05) is 12.0 Å².